The summed E-state index contributed by atoms with van der Waals surface area (Å²) in [4.78, 5) is 10.4. The summed E-state index contributed by atoms with van der Waals surface area (Å²) in [6.07, 6.45) is 24.0. The minimum Gasteiger partial charge on any atom is -0.480 e. The zero-order valence-corrected chi connectivity index (χ0v) is 20.3. The zero-order valence-electron chi connectivity index (χ0n) is 20.3. The topological polar surface area (TPSA) is 95.6 Å². The van der Waals surface area contributed by atoms with Crippen LogP contribution in [-0.2, 0) is 4.79 Å². The summed E-state index contributed by atoms with van der Waals surface area (Å²) in [6, 6.07) is -0.597. The number of aliphatic hydroxyl groups is 1. The average molecular weight is 431 g/mol. The van der Waals surface area contributed by atoms with Gasteiger partial charge in [0.2, 0.25) is 0 Å². The van der Waals surface area contributed by atoms with Gasteiger partial charge in [0.05, 0.1) is 0 Å². The van der Waals surface area contributed by atoms with Crippen LogP contribution in [0, 0.1) is 0 Å². The number of hydrogen-bond donors (Lipinski definition) is 4. The van der Waals surface area contributed by atoms with Gasteiger partial charge in [-0.1, -0.05) is 110 Å². The van der Waals surface area contributed by atoms with E-state index in [1.807, 2.05) is 6.92 Å². The summed E-state index contributed by atoms with van der Waals surface area (Å²) in [6.45, 7) is 5.71. The number of aliphatic hydroxyl groups excluding tert-OH is 1. The molecule has 5 heteroatoms. The van der Waals surface area contributed by atoms with Crippen molar-refractivity contribution in [2.75, 3.05) is 19.7 Å². The van der Waals surface area contributed by atoms with Crippen molar-refractivity contribution in [3.8, 4) is 0 Å². The molecule has 0 aliphatic carbocycles. The predicted octanol–water partition coefficient (Wildman–Crippen LogP) is 6.03. The average Bonchev–Trinajstić information content (AvgIpc) is 2.74. The van der Waals surface area contributed by atoms with E-state index in [-0.39, 0.29) is 13.0 Å². The molecule has 0 aliphatic rings. The highest BCUT2D eigenvalue weighted by Gasteiger charge is 2.14. The largest absolute Gasteiger partial charge is 0.480 e. The first-order valence-electron chi connectivity index (χ1n) is 12.9. The van der Waals surface area contributed by atoms with Crippen LogP contribution in [0.5, 0.6) is 0 Å². The summed E-state index contributed by atoms with van der Waals surface area (Å²) < 4.78 is 0. The van der Waals surface area contributed by atoms with E-state index in [4.69, 9.17) is 15.9 Å². The van der Waals surface area contributed by atoms with Gasteiger partial charge in [-0.15, -0.1) is 0 Å². The van der Waals surface area contributed by atoms with Crippen LogP contribution < -0.4 is 11.1 Å². The molecule has 0 aromatic carbocycles. The molecule has 182 valence electrons. The fourth-order valence-corrected chi connectivity index (χ4v) is 3.45. The molecule has 0 saturated heterocycles. The van der Waals surface area contributed by atoms with Crippen LogP contribution in [0.15, 0.2) is 0 Å². The quantitative estimate of drug-likeness (QED) is 0.157. The van der Waals surface area contributed by atoms with Gasteiger partial charge in [0.25, 0.3) is 0 Å². The molecular weight excluding hydrogens is 376 g/mol. The van der Waals surface area contributed by atoms with Gasteiger partial charge in [-0.3, -0.25) is 4.79 Å². The fraction of sp³-hybridized carbons (Fsp3) is 0.960. The molecule has 0 aromatic heterocycles. The number of carbonyl (C=O) groups is 1. The Hall–Kier alpha value is -0.650. The van der Waals surface area contributed by atoms with Crippen LogP contribution >= 0.6 is 0 Å². The van der Waals surface area contributed by atoms with Gasteiger partial charge in [-0.25, -0.2) is 0 Å². The first-order valence-corrected chi connectivity index (χ1v) is 12.9. The van der Waals surface area contributed by atoms with E-state index < -0.39 is 12.0 Å². The predicted molar refractivity (Wildman–Crippen MR) is 130 cm³/mol. The van der Waals surface area contributed by atoms with E-state index in [9.17, 15) is 4.79 Å². The van der Waals surface area contributed by atoms with E-state index in [0.29, 0.717) is 6.54 Å². The minimum atomic E-state index is -0.896. The van der Waals surface area contributed by atoms with Crippen molar-refractivity contribution in [3.63, 3.8) is 0 Å². The van der Waals surface area contributed by atoms with Crippen molar-refractivity contribution in [2.24, 2.45) is 5.73 Å². The Morgan fingerprint density at radius 1 is 0.733 bits per heavy atom. The van der Waals surface area contributed by atoms with Gasteiger partial charge in [0, 0.05) is 6.61 Å². The van der Waals surface area contributed by atoms with E-state index in [1.54, 1.807) is 0 Å². The summed E-state index contributed by atoms with van der Waals surface area (Å²) in [5.41, 5.74) is 5.48. The molecular formula is C25H54N2O3. The van der Waals surface area contributed by atoms with E-state index in [2.05, 4.69) is 12.2 Å². The molecule has 1 atom stereocenters. The van der Waals surface area contributed by atoms with E-state index in [0.717, 1.165) is 13.0 Å². The standard InChI is InChI=1S/C18H39N.C7H15NO3/c1-2-3-4-5-6-7-8-9-10-11-12-13-14-15-16-17-18-19;1-2-4-8-6(3-5-9)7(10)11/h2-19H2,1H3;6,8-9H,2-5H2,1H3,(H,10,11)/t;6-/m.0/s1. The van der Waals surface area contributed by atoms with Crippen LogP contribution in [0.2, 0.25) is 0 Å². The lowest BCUT2D eigenvalue weighted by Gasteiger charge is -2.11. The summed E-state index contributed by atoms with van der Waals surface area (Å²) >= 11 is 0. The van der Waals surface area contributed by atoms with Crippen molar-refractivity contribution in [2.45, 2.75) is 135 Å². The lowest BCUT2D eigenvalue weighted by Crippen LogP contribution is -2.37. The SMILES string of the molecule is CCCCCCCCCCCCCCCCCCN.CCCN[C@@H](CCO)C(=O)O. The summed E-state index contributed by atoms with van der Waals surface area (Å²) in [7, 11) is 0. The molecule has 5 N–H and O–H groups in total. The first-order chi connectivity index (χ1) is 14.6. The van der Waals surface area contributed by atoms with Gasteiger partial charge in [-0.2, -0.15) is 0 Å². The molecule has 0 radical (unpaired) electrons. The van der Waals surface area contributed by atoms with Gasteiger partial charge in [0.1, 0.15) is 6.04 Å². The van der Waals surface area contributed by atoms with E-state index in [1.165, 1.54) is 103 Å². The Morgan fingerprint density at radius 2 is 1.13 bits per heavy atom. The van der Waals surface area contributed by atoms with Crippen molar-refractivity contribution in [1.29, 1.82) is 0 Å². The van der Waals surface area contributed by atoms with Crippen molar-refractivity contribution in [1.82, 2.24) is 5.32 Å². The molecule has 0 bridgehead atoms. The van der Waals surface area contributed by atoms with Crippen LogP contribution in [-0.4, -0.2) is 41.9 Å². The second-order valence-electron chi connectivity index (χ2n) is 8.45. The number of nitrogens with two attached hydrogens (primary N) is 1. The minimum absolute atomic E-state index is 0.0896. The lowest BCUT2D eigenvalue weighted by molar-refractivity contribution is -0.139. The maximum Gasteiger partial charge on any atom is 0.320 e. The van der Waals surface area contributed by atoms with Gasteiger partial charge in [-0.05, 0) is 32.4 Å². The van der Waals surface area contributed by atoms with Crippen LogP contribution in [0.25, 0.3) is 0 Å². The second kappa shape index (κ2) is 28.4. The molecule has 0 saturated carbocycles. The monoisotopic (exact) mass is 430 g/mol. The van der Waals surface area contributed by atoms with Crippen molar-refractivity contribution < 1.29 is 15.0 Å². The molecule has 0 amide bonds. The Morgan fingerprint density at radius 3 is 1.43 bits per heavy atom. The molecule has 0 spiro atoms. The first kappa shape index (κ1) is 31.5. The molecule has 0 rings (SSSR count). The summed E-state index contributed by atoms with van der Waals surface area (Å²) in [5, 5.41) is 19.8. The zero-order chi connectivity index (χ0) is 22.7. The maximum absolute atomic E-state index is 10.4. The normalized spacial score (nSPS) is 11.7. The number of carboxylic acids is 1. The number of nitrogens with one attached hydrogen (secondary N) is 1. The number of unbranched alkanes of at least 4 members (excludes halogenated alkanes) is 15. The number of carboxylic acid groups (broad SMARTS) is 1. The maximum atomic E-state index is 10.4. The molecule has 5 nitrogen and oxygen atoms in total. The highest BCUT2D eigenvalue weighted by atomic mass is 16.4. The molecule has 0 aliphatic heterocycles. The Bertz CT molecular complexity index is 312. The Labute approximate surface area is 187 Å². The van der Waals surface area contributed by atoms with Crippen LogP contribution in [0.4, 0.5) is 0 Å². The number of rotatable bonds is 22. The molecule has 0 unspecified atom stereocenters. The van der Waals surface area contributed by atoms with E-state index >= 15 is 0 Å². The Kier molecular flexibility index (Phi) is 29.8. The molecule has 0 heterocycles. The van der Waals surface area contributed by atoms with Crippen molar-refractivity contribution >= 4 is 5.97 Å². The highest BCUT2D eigenvalue weighted by molar-refractivity contribution is 5.73. The third-order valence-electron chi connectivity index (χ3n) is 5.41. The fourth-order valence-electron chi connectivity index (χ4n) is 3.45. The van der Waals surface area contributed by atoms with Crippen molar-refractivity contribution in [3.05, 3.63) is 0 Å². The van der Waals surface area contributed by atoms with Gasteiger partial charge < -0.3 is 21.3 Å². The molecule has 30 heavy (non-hydrogen) atoms. The third kappa shape index (κ3) is 27.4. The number of hydrogen-bond acceptors (Lipinski definition) is 4. The highest BCUT2D eigenvalue weighted by Crippen LogP contribution is 2.13. The second-order valence-corrected chi connectivity index (χ2v) is 8.45. The van der Waals surface area contributed by atoms with Gasteiger partial charge >= 0.3 is 5.97 Å². The summed E-state index contributed by atoms with van der Waals surface area (Å²) in [5.74, 6) is -0.896. The van der Waals surface area contributed by atoms with Crippen LogP contribution in [0.3, 0.4) is 0 Å². The third-order valence-corrected chi connectivity index (χ3v) is 5.41. The molecule has 0 aromatic rings. The number of aliphatic carboxylic acids is 1. The van der Waals surface area contributed by atoms with Crippen LogP contribution in [0.1, 0.15) is 129 Å². The van der Waals surface area contributed by atoms with Gasteiger partial charge in [0.15, 0.2) is 0 Å². The lowest BCUT2D eigenvalue weighted by atomic mass is 10.0. The molecule has 0 fully saturated rings. The smallest absolute Gasteiger partial charge is 0.320 e. The Balaban J connectivity index is 0.